The summed E-state index contributed by atoms with van der Waals surface area (Å²) in [6, 6.07) is 12.1. The Hall–Kier alpha value is -1.48. The molecule has 0 unspecified atom stereocenters. The number of hydrogen-bond donors (Lipinski definition) is 1. The zero-order valence-corrected chi connectivity index (χ0v) is 10.9. The Labute approximate surface area is 106 Å². The third-order valence-electron chi connectivity index (χ3n) is 2.65. The van der Waals surface area contributed by atoms with Crippen LogP contribution in [0.3, 0.4) is 0 Å². The van der Waals surface area contributed by atoms with Gasteiger partial charge in [0, 0.05) is 22.0 Å². The van der Waals surface area contributed by atoms with Gasteiger partial charge >= 0.3 is 0 Å². The summed E-state index contributed by atoms with van der Waals surface area (Å²) < 4.78 is 0. The normalized spacial score (nSPS) is 10.5. The number of rotatable bonds is 3. The molecule has 2 rings (SSSR count). The second-order valence-corrected chi connectivity index (χ2v) is 5.05. The van der Waals surface area contributed by atoms with E-state index in [0.29, 0.717) is 0 Å². The molecule has 2 aromatic rings. The van der Waals surface area contributed by atoms with E-state index in [9.17, 15) is 0 Å². The van der Waals surface area contributed by atoms with E-state index in [0.717, 1.165) is 28.4 Å². The number of nitrogen functional groups attached to an aromatic ring is 1. The van der Waals surface area contributed by atoms with Crippen molar-refractivity contribution in [2.75, 3.05) is 5.73 Å². The summed E-state index contributed by atoms with van der Waals surface area (Å²) in [6.45, 7) is 4.07. The van der Waals surface area contributed by atoms with Gasteiger partial charge in [-0.15, -0.1) is 11.8 Å². The second-order valence-electron chi connectivity index (χ2n) is 4.03. The van der Waals surface area contributed by atoms with Crippen molar-refractivity contribution in [1.29, 1.82) is 0 Å². The molecule has 17 heavy (non-hydrogen) atoms. The number of nitrogens with two attached hydrogens (primary N) is 1. The Kier molecular flexibility index (Phi) is 3.69. The lowest BCUT2D eigenvalue weighted by molar-refractivity contribution is 1.10. The number of aromatic nitrogens is 1. The highest BCUT2D eigenvalue weighted by molar-refractivity contribution is 7.98. The van der Waals surface area contributed by atoms with Crippen LogP contribution < -0.4 is 5.73 Å². The third-order valence-corrected chi connectivity index (χ3v) is 3.84. The number of thioether (sulfide) groups is 1. The maximum absolute atomic E-state index is 5.88. The van der Waals surface area contributed by atoms with Gasteiger partial charge < -0.3 is 5.73 Å². The monoisotopic (exact) mass is 244 g/mol. The summed E-state index contributed by atoms with van der Waals surface area (Å²) >= 11 is 1.78. The molecule has 0 bridgehead atoms. The number of nitrogens with zero attached hydrogens (tertiary/aromatic N) is 1. The maximum atomic E-state index is 5.88. The molecule has 0 fully saturated rings. The van der Waals surface area contributed by atoms with Crippen molar-refractivity contribution in [2.24, 2.45) is 0 Å². The summed E-state index contributed by atoms with van der Waals surface area (Å²) in [7, 11) is 0. The smallest absolute Gasteiger partial charge is 0.0509 e. The summed E-state index contributed by atoms with van der Waals surface area (Å²) in [5.74, 6) is 0.881. The van der Waals surface area contributed by atoms with E-state index >= 15 is 0 Å². The molecule has 2 N–H and O–H groups in total. The minimum Gasteiger partial charge on any atom is -0.398 e. The molecule has 88 valence electrons. The van der Waals surface area contributed by atoms with Crippen LogP contribution in [0.5, 0.6) is 0 Å². The van der Waals surface area contributed by atoms with Crippen LogP contribution in [0, 0.1) is 13.8 Å². The zero-order valence-electron chi connectivity index (χ0n) is 10.1. The molecular formula is C14H16N2S. The molecule has 0 spiro atoms. The van der Waals surface area contributed by atoms with Crippen molar-refractivity contribution in [3.63, 3.8) is 0 Å². The van der Waals surface area contributed by atoms with E-state index in [4.69, 9.17) is 5.73 Å². The first-order valence-corrected chi connectivity index (χ1v) is 6.56. The third kappa shape index (κ3) is 3.01. The van der Waals surface area contributed by atoms with Gasteiger partial charge in [-0.3, -0.25) is 4.98 Å². The first kappa shape index (κ1) is 12.0. The molecule has 3 heteroatoms. The van der Waals surface area contributed by atoms with Crippen molar-refractivity contribution >= 4 is 17.4 Å². The van der Waals surface area contributed by atoms with Gasteiger partial charge in [0.2, 0.25) is 0 Å². The fraction of sp³-hybridized carbons (Fsp3) is 0.214. The molecule has 0 aliphatic carbocycles. The average molecular weight is 244 g/mol. The minimum absolute atomic E-state index is 0.854. The summed E-state index contributed by atoms with van der Waals surface area (Å²) in [5.41, 5.74) is 10.1. The van der Waals surface area contributed by atoms with Crippen LogP contribution in [-0.4, -0.2) is 4.98 Å². The van der Waals surface area contributed by atoms with Crippen LogP contribution in [0.1, 0.15) is 17.0 Å². The van der Waals surface area contributed by atoms with Gasteiger partial charge in [0.05, 0.1) is 5.69 Å². The van der Waals surface area contributed by atoms with Gasteiger partial charge in [0.25, 0.3) is 0 Å². The minimum atomic E-state index is 0.854. The number of pyridine rings is 1. The van der Waals surface area contributed by atoms with Crippen LogP contribution in [0.2, 0.25) is 0 Å². The largest absolute Gasteiger partial charge is 0.398 e. The first-order chi connectivity index (χ1) is 8.16. The molecule has 0 aliphatic rings. The van der Waals surface area contributed by atoms with E-state index < -0.39 is 0 Å². The number of anilines is 1. The summed E-state index contributed by atoms with van der Waals surface area (Å²) in [5, 5.41) is 0. The second kappa shape index (κ2) is 5.23. The average Bonchev–Trinajstić information content (AvgIpc) is 2.31. The Morgan fingerprint density at radius 1 is 1.12 bits per heavy atom. The standard InChI is InChI=1S/C14H16N2S/c1-10-5-3-6-12(16-10)9-17-14-8-4-7-13(15)11(14)2/h3-8H,9,15H2,1-2H3. The fourth-order valence-electron chi connectivity index (χ4n) is 1.62. The van der Waals surface area contributed by atoms with Gasteiger partial charge in [0.15, 0.2) is 0 Å². The van der Waals surface area contributed by atoms with Crippen molar-refractivity contribution in [3.05, 3.63) is 53.3 Å². The number of benzene rings is 1. The molecule has 0 aliphatic heterocycles. The molecule has 1 aromatic heterocycles. The Morgan fingerprint density at radius 3 is 2.65 bits per heavy atom. The SMILES string of the molecule is Cc1cccc(CSc2cccc(N)c2C)n1. The quantitative estimate of drug-likeness (QED) is 0.662. The molecular weight excluding hydrogens is 228 g/mol. The Morgan fingerprint density at radius 2 is 1.88 bits per heavy atom. The molecule has 1 aromatic carbocycles. The fourth-order valence-corrected chi connectivity index (χ4v) is 2.59. The number of aryl methyl sites for hydroxylation is 1. The van der Waals surface area contributed by atoms with Crippen LogP contribution in [0.25, 0.3) is 0 Å². The Bertz CT molecular complexity index is 523. The summed E-state index contributed by atoms with van der Waals surface area (Å²) in [6.07, 6.45) is 0. The van der Waals surface area contributed by atoms with Crippen LogP contribution in [0.15, 0.2) is 41.3 Å². The van der Waals surface area contributed by atoms with Gasteiger partial charge in [-0.25, -0.2) is 0 Å². The maximum Gasteiger partial charge on any atom is 0.0509 e. The Balaban J connectivity index is 2.10. The van der Waals surface area contributed by atoms with Crippen LogP contribution in [0.4, 0.5) is 5.69 Å². The van der Waals surface area contributed by atoms with Crippen molar-refractivity contribution in [3.8, 4) is 0 Å². The molecule has 0 atom stereocenters. The first-order valence-electron chi connectivity index (χ1n) is 5.57. The highest BCUT2D eigenvalue weighted by atomic mass is 32.2. The van der Waals surface area contributed by atoms with Crippen molar-refractivity contribution in [1.82, 2.24) is 4.98 Å². The zero-order chi connectivity index (χ0) is 12.3. The predicted octanol–water partition coefficient (Wildman–Crippen LogP) is 3.57. The molecule has 0 amide bonds. The van der Waals surface area contributed by atoms with Crippen LogP contribution in [-0.2, 0) is 5.75 Å². The van der Waals surface area contributed by atoms with E-state index in [2.05, 4.69) is 24.0 Å². The topological polar surface area (TPSA) is 38.9 Å². The van der Waals surface area contributed by atoms with Crippen molar-refractivity contribution < 1.29 is 0 Å². The van der Waals surface area contributed by atoms with E-state index in [1.165, 1.54) is 4.90 Å². The van der Waals surface area contributed by atoms with Crippen LogP contribution >= 0.6 is 11.8 Å². The molecule has 1 heterocycles. The highest BCUT2D eigenvalue weighted by Gasteiger charge is 2.03. The lowest BCUT2D eigenvalue weighted by Gasteiger charge is -2.07. The van der Waals surface area contributed by atoms with E-state index in [1.54, 1.807) is 11.8 Å². The van der Waals surface area contributed by atoms with Gasteiger partial charge in [-0.05, 0) is 43.7 Å². The molecule has 2 nitrogen and oxygen atoms in total. The molecule has 0 saturated heterocycles. The van der Waals surface area contributed by atoms with E-state index in [1.807, 2.05) is 31.2 Å². The van der Waals surface area contributed by atoms with Crippen molar-refractivity contribution in [2.45, 2.75) is 24.5 Å². The van der Waals surface area contributed by atoms with E-state index in [-0.39, 0.29) is 0 Å². The van der Waals surface area contributed by atoms with Gasteiger partial charge in [0.1, 0.15) is 0 Å². The lowest BCUT2D eigenvalue weighted by Crippen LogP contribution is -1.92. The predicted molar refractivity (Wildman–Crippen MR) is 74.1 cm³/mol. The van der Waals surface area contributed by atoms with Gasteiger partial charge in [-0.1, -0.05) is 12.1 Å². The highest BCUT2D eigenvalue weighted by Crippen LogP contribution is 2.28. The summed E-state index contributed by atoms with van der Waals surface area (Å²) in [4.78, 5) is 5.72. The number of hydrogen-bond acceptors (Lipinski definition) is 3. The molecule has 0 radical (unpaired) electrons. The van der Waals surface area contributed by atoms with Gasteiger partial charge in [-0.2, -0.15) is 0 Å². The molecule has 0 saturated carbocycles. The lowest BCUT2D eigenvalue weighted by atomic mass is 10.2.